The normalized spacial score (nSPS) is 19.1. The van der Waals surface area contributed by atoms with Gasteiger partial charge in [0, 0.05) is 25.4 Å². The van der Waals surface area contributed by atoms with Crippen molar-refractivity contribution >= 4 is 24.8 Å². The van der Waals surface area contributed by atoms with Gasteiger partial charge in [0.25, 0.3) is 0 Å². The Labute approximate surface area is 179 Å². The molecule has 1 amide bonds. The molecule has 5 N–H and O–H groups in total. The number of nitrogens with one attached hydrogen (secondary N) is 1. The number of carbonyl (C=O) groups is 3. The van der Waals surface area contributed by atoms with Crippen LogP contribution in [0.2, 0.25) is 0 Å². The monoisotopic (exact) mass is 446 g/mol. The fourth-order valence-electron chi connectivity index (χ4n) is 3.95. The molecule has 0 aromatic carbocycles. The predicted molar refractivity (Wildman–Crippen MR) is 116 cm³/mol. The smallest absolute Gasteiger partial charge is 0.221 e. The molecule has 8 nitrogen and oxygen atoms in total. The maximum absolute atomic E-state index is 12.6. The van der Waals surface area contributed by atoms with Crippen LogP contribution in [0.25, 0.3) is 0 Å². The third-order valence-electron chi connectivity index (χ3n) is 5.68. The van der Waals surface area contributed by atoms with Crippen LogP contribution in [0.5, 0.6) is 0 Å². The minimum Gasteiger partial charge on any atom is -0.393 e. The summed E-state index contributed by atoms with van der Waals surface area (Å²) >= 11 is 0. The van der Waals surface area contributed by atoms with Crippen molar-refractivity contribution in [2.24, 2.45) is 17.6 Å². The first-order chi connectivity index (χ1) is 14.0. The lowest BCUT2D eigenvalue weighted by molar-refractivity contribution is -0.130. The van der Waals surface area contributed by atoms with Crippen LogP contribution < -0.4 is 11.1 Å². The van der Waals surface area contributed by atoms with Crippen LogP contribution in [-0.2, 0) is 18.9 Å². The average Bonchev–Trinajstić information content (AvgIpc) is 2.68. The van der Waals surface area contributed by atoms with E-state index in [1.54, 1.807) is 13.8 Å². The summed E-state index contributed by atoms with van der Waals surface area (Å²) in [5.41, 5.74) is 5.22. The highest BCUT2D eigenvalue weighted by molar-refractivity contribution is 7.58. The molecule has 0 bridgehead atoms. The van der Waals surface area contributed by atoms with Gasteiger partial charge in [-0.15, -0.1) is 0 Å². The largest absolute Gasteiger partial charge is 0.393 e. The summed E-state index contributed by atoms with van der Waals surface area (Å²) in [6, 6.07) is -0.721. The summed E-state index contributed by atoms with van der Waals surface area (Å²) in [6.45, 7) is 3.49. The van der Waals surface area contributed by atoms with Crippen LogP contribution >= 0.6 is 7.37 Å². The number of rotatable bonds is 14. The fraction of sp³-hybridized carbons (Fsp3) is 0.857. The lowest BCUT2D eigenvalue weighted by Crippen LogP contribution is -2.44. The van der Waals surface area contributed by atoms with Crippen LogP contribution in [0.15, 0.2) is 0 Å². The molecule has 0 heterocycles. The molecule has 0 saturated heterocycles. The molecular weight excluding hydrogens is 407 g/mol. The van der Waals surface area contributed by atoms with E-state index in [1.165, 1.54) is 6.42 Å². The van der Waals surface area contributed by atoms with Crippen molar-refractivity contribution in [3.8, 4) is 0 Å². The van der Waals surface area contributed by atoms with Crippen molar-refractivity contribution < 1.29 is 28.9 Å². The first-order valence-electron chi connectivity index (χ1n) is 11.1. The number of hydrogen-bond donors (Lipinski definition) is 4. The van der Waals surface area contributed by atoms with Gasteiger partial charge < -0.3 is 21.1 Å². The van der Waals surface area contributed by atoms with Gasteiger partial charge in [0.15, 0.2) is 5.78 Å². The third-order valence-corrected chi connectivity index (χ3v) is 7.76. The van der Waals surface area contributed by atoms with Gasteiger partial charge in [0.2, 0.25) is 13.3 Å². The van der Waals surface area contributed by atoms with E-state index >= 15 is 0 Å². The van der Waals surface area contributed by atoms with Gasteiger partial charge in [-0.05, 0) is 31.1 Å². The van der Waals surface area contributed by atoms with E-state index in [9.17, 15) is 28.9 Å². The standard InChI is InChI=1S/C21H39N2O6P/c1-15(2)21(23-20(27)11-9-17(24)12-22)19(26)10-8-18(25)14-30(28,29)13-16-6-4-3-5-7-16/h15-16,18,21,25H,3-14,22H2,1-2H3,(H,23,27)(H,28,29)/t18-,21+/m1/s1. The number of Topliss-reactive ketones (excluding diaryl/α,β-unsaturated/α-hetero) is 2. The van der Waals surface area contributed by atoms with Crippen molar-refractivity contribution in [2.45, 2.75) is 83.8 Å². The van der Waals surface area contributed by atoms with Crippen molar-refractivity contribution in [3.05, 3.63) is 0 Å². The quantitative estimate of drug-likeness (QED) is 0.298. The maximum atomic E-state index is 12.6. The molecule has 0 aromatic rings. The highest BCUT2D eigenvalue weighted by atomic mass is 31.2. The Bertz CT molecular complexity index is 619. The number of ketones is 2. The minimum atomic E-state index is -3.44. The Balaban J connectivity index is 2.46. The Kier molecular flexibility index (Phi) is 12.0. The summed E-state index contributed by atoms with van der Waals surface area (Å²) in [7, 11) is -3.44. The molecule has 3 atom stereocenters. The second-order valence-corrected chi connectivity index (χ2v) is 11.3. The van der Waals surface area contributed by atoms with Crippen LogP contribution in [0.3, 0.4) is 0 Å². The highest BCUT2D eigenvalue weighted by Crippen LogP contribution is 2.46. The lowest BCUT2D eigenvalue weighted by Gasteiger charge is -2.25. The van der Waals surface area contributed by atoms with Gasteiger partial charge in [-0.3, -0.25) is 18.9 Å². The summed E-state index contributed by atoms with van der Waals surface area (Å²) in [5, 5.41) is 12.9. The molecule has 1 saturated carbocycles. The third kappa shape index (κ3) is 10.8. The van der Waals surface area contributed by atoms with Crippen molar-refractivity contribution in [1.29, 1.82) is 0 Å². The molecule has 1 fully saturated rings. The topological polar surface area (TPSA) is 147 Å². The SMILES string of the molecule is CC(C)[C@H](NC(=O)CCC(=O)CN)C(=O)CC[C@@H](O)CP(=O)(O)CC1CCCCC1. The molecular formula is C21H39N2O6P. The van der Waals surface area contributed by atoms with Crippen LogP contribution in [-0.4, -0.2) is 58.5 Å². The summed E-state index contributed by atoms with van der Waals surface area (Å²) in [5.74, 6) is -0.754. The van der Waals surface area contributed by atoms with E-state index in [2.05, 4.69) is 5.32 Å². The van der Waals surface area contributed by atoms with E-state index in [0.29, 0.717) is 0 Å². The zero-order valence-electron chi connectivity index (χ0n) is 18.3. The lowest BCUT2D eigenvalue weighted by atomic mass is 9.91. The van der Waals surface area contributed by atoms with E-state index in [0.717, 1.165) is 25.7 Å². The molecule has 1 aliphatic carbocycles. The van der Waals surface area contributed by atoms with Crippen molar-refractivity contribution in [1.82, 2.24) is 5.32 Å². The molecule has 1 unspecified atom stereocenters. The van der Waals surface area contributed by atoms with Gasteiger partial charge >= 0.3 is 0 Å². The summed E-state index contributed by atoms with van der Waals surface area (Å²) < 4.78 is 12.5. The van der Waals surface area contributed by atoms with Crippen LogP contribution in [0, 0.1) is 11.8 Å². The van der Waals surface area contributed by atoms with E-state index < -0.39 is 25.4 Å². The molecule has 30 heavy (non-hydrogen) atoms. The Hall–Kier alpha value is -1.08. The number of nitrogens with two attached hydrogens (primary N) is 1. The summed E-state index contributed by atoms with van der Waals surface area (Å²) in [4.78, 5) is 46.1. The average molecular weight is 447 g/mol. The first-order valence-corrected chi connectivity index (χ1v) is 13.1. The molecule has 0 spiro atoms. The number of aliphatic hydroxyl groups is 1. The van der Waals surface area contributed by atoms with Gasteiger partial charge in [0.05, 0.1) is 24.9 Å². The molecule has 1 rings (SSSR count). The first kappa shape index (κ1) is 27.0. The molecule has 0 aliphatic heterocycles. The van der Waals surface area contributed by atoms with E-state index in [1.807, 2.05) is 0 Å². The van der Waals surface area contributed by atoms with Gasteiger partial charge in [-0.2, -0.15) is 0 Å². The number of amides is 1. The van der Waals surface area contributed by atoms with E-state index in [4.69, 9.17) is 5.73 Å². The number of carbonyl (C=O) groups excluding carboxylic acids is 3. The highest BCUT2D eigenvalue weighted by Gasteiger charge is 2.29. The molecule has 0 radical (unpaired) electrons. The second-order valence-electron chi connectivity index (χ2n) is 8.91. The van der Waals surface area contributed by atoms with Crippen LogP contribution in [0.4, 0.5) is 0 Å². The minimum absolute atomic E-state index is 0.00938. The van der Waals surface area contributed by atoms with Gasteiger partial charge in [-0.25, -0.2) is 0 Å². The molecule has 0 aromatic heterocycles. The Morgan fingerprint density at radius 2 is 1.73 bits per heavy atom. The molecule has 9 heteroatoms. The number of aliphatic hydroxyl groups excluding tert-OH is 1. The molecule has 1 aliphatic rings. The Morgan fingerprint density at radius 1 is 1.10 bits per heavy atom. The second kappa shape index (κ2) is 13.4. The predicted octanol–water partition coefficient (Wildman–Crippen LogP) is 2.00. The zero-order chi connectivity index (χ0) is 22.7. The van der Waals surface area contributed by atoms with Gasteiger partial charge in [0.1, 0.15) is 5.78 Å². The summed E-state index contributed by atoms with van der Waals surface area (Å²) in [6.07, 6.45) is 4.39. The zero-order valence-corrected chi connectivity index (χ0v) is 19.2. The number of hydrogen-bond acceptors (Lipinski definition) is 6. The van der Waals surface area contributed by atoms with E-state index in [-0.39, 0.29) is 68.0 Å². The van der Waals surface area contributed by atoms with Crippen molar-refractivity contribution in [2.75, 3.05) is 18.9 Å². The van der Waals surface area contributed by atoms with Crippen LogP contribution in [0.1, 0.15) is 71.6 Å². The molecule has 174 valence electrons. The Morgan fingerprint density at radius 3 is 2.30 bits per heavy atom. The maximum Gasteiger partial charge on any atom is 0.221 e. The fourth-order valence-corrected chi connectivity index (χ4v) is 6.11. The van der Waals surface area contributed by atoms with Crippen molar-refractivity contribution in [3.63, 3.8) is 0 Å². The van der Waals surface area contributed by atoms with Gasteiger partial charge in [-0.1, -0.05) is 33.1 Å².